The number of phenolic OH excluding ortho intramolecular Hbond substituents is 1. The monoisotopic (exact) mass is 1120 g/mol. The number of pyridine rings is 1. The van der Waals surface area contributed by atoms with Gasteiger partial charge in [-0.15, -0.1) is 23.8 Å². The molecule has 0 aliphatic carbocycles. The van der Waals surface area contributed by atoms with Gasteiger partial charge in [-0.2, -0.15) is 0 Å². The van der Waals surface area contributed by atoms with E-state index in [1.807, 2.05) is 12.3 Å². The molecule has 0 fully saturated rings. The summed E-state index contributed by atoms with van der Waals surface area (Å²) in [6, 6.07) is 77.7. The Hall–Kier alpha value is -7.91. The summed E-state index contributed by atoms with van der Waals surface area (Å²) < 4.78 is 2.25. The van der Waals surface area contributed by atoms with Gasteiger partial charge in [0.1, 0.15) is 11.6 Å². The predicted octanol–water partition coefficient (Wildman–Crippen LogP) is 18.1. The SMILES string of the molecule is CC(C)(C)c1cc(-c2nc3c(-c4[c-]c5cc(c4)c4cccc(c4)c4cccc(c4)c4cccc(c4)c4cccc(c4)c4ccnc5c4)cccc3n2-c2ccccc2-c2ccccc2)c(O)c(C(C)(C)C)c1.[Pt]. The number of aromatic nitrogens is 3. The molecule has 4 nitrogen and oxygen atoms in total. The largest absolute Gasteiger partial charge is 0.507 e. The third-order valence-corrected chi connectivity index (χ3v) is 14.3. The number of imidazole rings is 1. The van der Waals surface area contributed by atoms with Crippen molar-refractivity contribution in [2.75, 3.05) is 0 Å². The van der Waals surface area contributed by atoms with Gasteiger partial charge in [0.25, 0.3) is 0 Å². The van der Waals surface area contributed by atoms with Gasteiger partial charge in [0.15, 0.2) is 0 Å². The summed E-state index contributed by atoms with van der Waals surface area (Å²) in [4.78, 5) is 10.7. The summed E-state index contributed by atoms with van der Waals surface area (Å²) >= 11 is 0. The molecule has 0 spiro atoms. The Morgan fingerprint density at radius 1 is 0.452 bits per heavy atom. The average molecular weight is 1120 g/mol. The molecule has 358 valence electrons. The number of phenols is 1. The van der Waals surface area contributed by atoms with Crippen molar-refractivity contribution >= 4 is 75.8 Å². The summed E-state index contributed by atoms with van der Waals surface area (Å²) in [5.74, 6) is 0.903. The summed E-state index contributed by atoms with van der Waals surface area (Å²) in [6.07, 6.45) is 1.91. The van der Waals surface area contributed by atoms with Crippen molar-refractivity contribution in [3.05, 3.63) is 230 Å². The normalized spacial score (nSPS) is 11.9. The van der Waals surface area contributed by atoms with Crippen LogP contribution >= 0.6 is 0 Å². The number of nitrogens with zero attached hydrogens (tertiary/aromatic N) is 3. The molecular formula is C68H54N3OPt-. The van der Waals surface area contributed by atoms with E-state index in [9.17, 15) is 5.11 Å². The number of hydrogen-bond acceptors (Lipinski definition) is 3. The number of aromatic hydroxyl groups is 1. The molecule has 12 rings (SSSR count). The third-order valence-electron chi connectivity index (χ3n) is 14.3. The smallest absolute Gasteiger partial charge is 0.148 e. The number of benzene rings is 9. The van der Waals surface area contributed by atoms with E-state index in [0.29, 0.717) is 11.4 Å². The fraction of sp³-hybridized carbons (Fsp3) is 0.118. The maximum Gasteiger partial charge on any atom is 0.148 e. The summed E-state index contributed by atoms with van der Waals surface area (Å²) in [6.45, 7) is 13.2. The fourth-order valence-electron chi connectivity index (χ4n) is 10.4. The standard InChI is InChI=1S/C68H54N3O.Pt/c1-67(2,3)56-41-59(65(72)60(42-56)68(4,5)6)66-70-64-58(28-16-30-63(64)71(66)62-29-11-10-27-57(62)43-17-8-7-9-18-43)54-37-53-38-55(39-54)61-40-52(31-32-69-61)50-25-14-23-48(35-50)46-21-12-19-44(33-46)45-20-13-22-47(34-45)49-24-15-26-51(53)36-49;/h7-38,40-42,72H,1-6H3;/q-1;. The second-order valence-corrected chi connectivity index (χ2v) is 21.2. The maximum atomic E-state index is 12.6. The molecule has 0 amide bonds. The van der Waals surface area contributed by atoms with Gasteiger partial charge in [-0.1, -0.05) is 203 Å². The van der Waals surface area contributed by atoms with Gasteiger partial charge in [-0.25, -0.2) is 4.98 Å². The molecular weight excluding hydrogens is 1070 g/mol. The number of fused-ring (bicyclic) bond motifs is 19. The van der Waals surface area contributed by atoms with Crippen LogP contribution in [-0.4, -0.2) is 19.6 Å². The summed E-state index contributed by atoms with van der Waals surface area (Å²) in [7, 11) is 0. The van der Waals surface area contributed by atoms with E-state index < -0.39 is 0 Å². The van der Waals surface area contributed by atoms with Crippen LogP contribution in [0.4, 0.5) is 0 Å². The van der Waals surface area contributed by atoms with Crippen molar-refractivity contribution in [2.24, 2.45) is 0 Å². The zero-order chi connectivity index (χ0) is 49.3. The van der Waals surface area contributed by atoms with Crippen molar-refractivity contribution in [1.82, 2.24) is 14.5 Å². The minimum Gasteiger partial charge on any atom is -0.507 e. The van der Waals surface area contributed by atoms with Crippen LogP contribution in [0.3, 0.4) is 0 Å². The van der Waals surface area contributed by atoms with Gasteiger partial charge in [0.05, 0.1) is 22.3 Å². The van der Waals surface area contributed by atoms with E-state index in [4.69, 9.17) is 9.97 Å². The van der Waals surface area contributed by atoms with Crippen LogP contribution in [0.15, 0.2) is 212 Å². The Morgan fingerprint density at radius 3 is 1.55 bits per heavy atom. The Balaban J connectivity index is 0.00000574. The third kappa shape index (κ3) is 8.85. The quantitative estimate of drug-likeness (QED) is 0.179. The van der Waals surface area contributed by atoms with Gasteiger partial charge in [-0.3, -0.25) is 9.55 Å². The maximum absolute atomic E-state index is 12.6. The molecule has 0 saturated heterocycles. The molecule has 10 aromatic carbocycles. The van der Waals surface area contributed by atoms with E-state index in [-0.39, 0.29) is 37.6 Å². The molecule has 1 N–H and O–H groups in total. The van der Waals surface area contributed by atoms with Crippen molar-refractivity contribution in [2.45, 2.75) is 52.4 Å². The first-order valence-electron chi connectivity index (χ1n) is 24.8. The molecule has 12 aromatic rings. The topological polar surface area (TPSA) is 50.9 Å². The van der Waals surface area contributed by atoms with Gasteiger partial charge in [0.2, 0.25) is 0 Å². The summed E-state index contributed by atoms with van der Waals surface area (Å²) in [5, 5.41) is 24.7. The first-order valence-corrected chi connectivity index (χ1v) is 24.8. The Morgan fingerprint density at radius 2 is 0.973 bits per heavy atom. The number of para-hydroxylation sites is 2. The van der Waals surface area contributed by atoms with Crippen molar-refractivity contribution in [3.63, 3.8) is 0 Å². The molecule has 0 atom stereocenters. The molecule has 12 bridgehead atoms. The first-order chi connectivity index (χ1) is 34.8. The molecule has 0 aliphatic heterocycles. The van der Waals surface area contributed by atoms with Crippen molar-refractivity contribution < 1.29 is 26.2 Å². The van der Waals surface area contributed by atoms with Crippen LogP contribution < -0.4 is 0 Å². The van der Waals surface area contributed by atoms with Crippen LogP contribution in [0.2, 0.25) is 0 Å². The molecule has 73 heavy (non-hydrogen) atoms. The Kier molecular flexibility index (Phi) is 12.1. The van der Waals surface area contributed by atoms with Gasteiger partial charge < -0.3 is 5.11 Å². The average Bonchev–Trinajstić information content (AvgIpc) is 3.80. The second kappa shape index (κ2) is 18.6. The molecule has 5 heteroatoms. The molecule has 2 heterocycles. The van der Waals surface area contributed by atoms with Gasteiger partial charge in [-0.05, 0) is 119 Å². The van der Waals surface area contributed by atoms with Crippen molar-refractivity contribution in [3.8, 4) is 45.1 Å². The van der Waals surface area contributed by atoms with Crippen LogP contribution in [-0.2, 0) is 31.9 Å². The summed E-state index contributed by atoms with van der Waals surface area (Å²) in [5.41, 5.74) is 9.61. The minimum absolute atomic E-state index is 0. The van der Waals surface area contributed by atoms with E-state index in [1.54, 1.807) is 0 Å². The van der Waals surface area contributed by atoms with E-state index in [2.05, 4.69) is 252 Å². The van der Waals surface area contributed by atoms with Crippen LogP contribution in [0.1, 0.15) is 52.7 Å². The van der Waals surface area contributed by atoms with Crippen LogP contribution in [0, 0.1) is 6.07 Å². The zero-order valence-corrected chi connectivity index (χ0v) is 44.1. The Bertz CT molecular complexity index is 4110. The van der Waals surface area contributed by atoms with Crippen LogP contribution in [0.5, 0.6) is 5.75 Å². The van der Waals surface area contributed by atoms with Gasteiger partial charge in [0, 0.05) is 43.9 Å². The molecule has 0 radical (unpaired) electrons. The minimum atomic E-state index is -0.342. The molecule has 0 aliphatic rings. The second-order valence-electron chi connectivity index (χ2n) is 21.2. The molecule has 0 unspecified atom stereocenters. The zero-order valence-electron chi connectivity index (χ0n) is 41.8. The number of rotatable bonds is 4. The molecule has 0 saturated carbocycles. The van der Waals surface area contributed by atoms with E-state index in [1.165, 1.54) is 10.8 Å². The van der Waals surface area contributed by atoms with E-state index >= 15 is 0 Å². The first kappa shape index (κ1) is 47.4. The van der Waals surface area contributed by atoms with E-state index in [0.717, 1.165) is 104 Å². The van der Waals surface area contributed by atoms with Gasteiger partial charge >= 0.3 is 0 Å². The van der Waals surface area contributed by atoms with Crippen LogP contribution in [0.25, 0.3) is 115 Å². The number of hydrogen-bond donors (Lipinski definition) is 1. The van der Waals surface area contributed by atoms with Crippen molar-refractivity contribution in [1.29, 1.82) is 0 Å². The predicted molar refractivity (Wildman–Crippen MR) is 305 cm³/mol. The fourth-order valence-corrected chi connectivity index (χ4v) is 10.4. The molecule has 2 aromatic heterocycles. The Labute approximate surface area is 440 Å².